The van der Waals surface area contributed by atoms with Gasteiger partial charge in [0, 0.05) is 44.7 Å². The molecular formula is C18H28N2O3. The summed E-state index contributed by atoms with van der Waals surface area (Å²) in [5.41, 5.74) is 1.12. The zero-order valence-electron chi connectivity index (χ0n) is 14.7. The van der Waals surface area contributed by atoms with Gasteiger partial charge in [0.25, 0.3) is 0 Å². The maximum Gasteiger partial charge on any atom is 0.222 e. The Morgan fingerprint density at radius 2 is 1.83 bits per heavy atom. The third-order valence-corrected chi connectivity index (χ3v) is 4.19. The molecule has 0 saturated carbocycles. The molecule has 23 heavy (non-hydrogen) atoms. The van der Waals surface area contributed by atoms with E-state index in [1.165, 1.54) is 0 Å². The molecule has 1 aromatic rings. The monoisotopic (exact) mass is 320 g/mol. The topological polar surface area (TPSA) is 42.0 Å². The molecule has 5 nitrogen and oxygen atoms in total. The molecule has 0 spiro atoms. The molecule has 128 valence electrons. The van der Waals surface area contributed by atoms with Crippen molar-refractivity contribution in [2.75, 3.05) is 40.4 Å². The molecule has 1 fully saturated rings. The minimum absolute atomic E-state index is 0.276. The summed E-state index contributed by atoms with van der Waals surface area (Å²) in [6, 6.07) is 5.87. The molecule has 1 saturated heterocycles. The van der Waals surface area contributed by atoms with Crippen LogP contribution in [-0.4, -0.2) is 56.1 Å². The molecule has 0 radical (unpaired) electrons. The summed E-state index contributed by atoms with van der Waals surface area (Å²) in [5, 5.41) is 0. The first-order valence-corrected chi connectivity index (χ1v) is 8.24. The summed E-state index contributed by atoms with van der Waals surface area (Å²) < 4.78 is 10.7. The van der Waals surface area contributed by atoms with E-state index in [1.807, 2.05) is 23.1 Å². The third kappa shape index (κ3) is 4.86. The Balaban J connectivity index is 1.92. The molecule has 1 aliphatic rings. The van der Waals surface area contributed by atoms with E-state index in [0.29, 0.717) is 12.3 Å². The van der Waals surface area contributed by atoms with Crippen LogP contribution in [0.4, 0.5) is 0 Å². The number of amides is 1. The average Bonchev–Trinajstić information content (AvgIpc) is 2.54. The van der Waals surface area contributed by atoms with E-state index < -0.39 is 0 Å². The Labute approximate surface area is 139 Å². The molecule has 0 atom stereocenters. The van der Waals surface area contributed by atoms with Crippen molar-refractivity contribution >= 4 is 5.91 Å². The second kappa shape index (κ2) is 8.20. The van der Waals surface area contributed by atoms with Crippen LogP contribution in [0, 0.1) is 5.92 Å². The number of hydrogen-bond donors (Lipinski definition) is 0. The van der Waals surface area contributed by atoms with Crippen LogP contribution < -0.4 is 9.47 Å². The first kappa shape index (κ1) is 17.6. The highest BCUT2D eigenvalue weighted by molar-refractivity contribution is 5.76. The van der Waals surface area contributed by atoms with Gasteiger partial charge in [0.15, 0.2) is 0 Å². The highest BCUT2D eigenvalue weighted by Crippen LogP contribution is 2.25. The second-order valence-electron chi connectivity index (χ2n) is 6.43. The van der Waals surface area contributed by atoms with E-state index >= 15 is 0 Å². The predicted octanol–water partition coefficient (Wildman–Crippen LogP) is 2.39. The summed E-state index contributed by atoms with van der Waals surface area (Å²) in [7, 11) is 3.36. The molecule has 1 amide bonds. The van der Waals surface area contributed by atoms with Crippen molar-refractivity contribution in [2.45, 2.75) is 26.8 Å². The highest BCUT2D eigenvalue weighted by Gasteiger charge is 2.22. The Morgan fingerprint density at radius 3 is 2.39 bits per heavy atom. The minimum atomic E-state index is 0.276. The zero-order valence-corrected chi connectivity index (χ0v) is 14.7. The molecule has 0 unspecified atom stereocenters. The third-order valence-electron chi connectivity index (χ3n) is 4.19. The van der Waals surface area contributed by atoms with Crippen LogP contribution in [0.5, 0.6) is 11.5 Å². The number of ether oxygens (including phenoxy) is 2. The summed E-state index contributed by atoms with van der Waals surface area (Å²) in [5.74, 6) is 2.41. The standard InChI is InChI=1S/C18H28N2O3/c1-14(2)11-18(21)20-9-7-19(8-10-20)13-15-12-16(22-3)5-6-17(15)23-4/h5-6,12,14H,7-11,13H2,1-4H3. The lowest BCUT2D eigenvalue weighted by atomic mass is 10.1. The summed E-state index contributed by atoms with van der Waals surface area (Å²) in [4.78, 5) is 16.5. The van der Waals surface area contributed by atoms with Crippen molar-refractivity contribution < 1.29 is 14.3 Å². The van der Waals surface area contributed by atoms with E-state index in [2.05, 4.69) is 18.7 Å². The number of rotatable bonds is 6. The van der Waals surface area contributed by atoms with E-state index in [-0.39, 0.29) is 5.91 Å². The Bertz CT molecular complexity index is 523. The van der Waals surface area contributed by atoms with E-state index in [0.717, 1.165) is 49.8 Å². The van der Waals surface area contributed by atoms with Crippen molar-refractivity contribution in [3.63, 3.8) is 0 Å². The number of nitrogens with zero attached hydrogens (tertiary/aromatic N) is 2. The predicted molar refractivity (Wildman–Crippen MR) is 90.9 cm³/mol. The van der Waals surface area contributed by atoms with Gasteiger partial charge in [-0.1, -0.05) is 13.8 Å². The van der Waals surface area contributed by atoms with E-state index in [9.17, 15) is 4.79 Å². The van der Waals surface area contributed by atoms with Crippen molar-refractivity contribution in [3.8, 4) is 11.5 Å². The van der Waals surface area contributed by atoms with Crippen LogP contribution in [0.25, 0.3) is 0 Å². The molecular weight excluding hydrogens is 292 g/mol. The Hall–Kier alpha value is -1.75. The van der Waals surface area contributed by atoms with Crippen molar-refractivity contribution in [2.24, 2.45) is 5.92 Å². The molecule has 0 aliphatic carbocycles. The molecule has 1 heterocycles. The zero-order chi connectivity index (χ0) is 16.8. The van der Waals surface area contributed by atoms with Crippen molar-refractivity contribution in [1.82, 2.24) is 9.80 Å². The fourth-order valence-corrected chi connectivity index (χ4v) is 2.88. The van der Waals surface area contributed by atoms with Crippen LogP contribution in [0.15, 0.2) is 18.2 Å². The fraction of sp³-hybridized carbons (Fsp3) is 0.611. The Kier molecular flexibility index (Phi) is 6.28. The van der Waals surface area contributed by atoms with E-state index in [4.69, 9.17) is 9.47 Å². The number of carbonyl (C=O) groups is 1. The molecule has 2 rings (SSSR count). The largest absolute Gasteiger partial charge is 0.497 e. The van der Waals surface area contributed by atoms with Crippen LogP contribution in [0.2, 0.25) is 0 Å². The second-order valence-corrected chi connectivity index (χ2v) is 6.43. The van der Waals surface area contributed by atoms with Gasteiger partial charge in [-0.05, 0) is 24.1 Å². The van der Waals surface area contributed by atoms with Crippen LogP contribution >= 0.6 is 0 Å². The normalized spacial score (nSPS) is 15.8. The van der Waals surface area contributed by atoms with Gasteiger partial charge in [-0.3, -0.25) is 9.69 Å². The summed E-state index contributed by atoms with van der Waals surface area (Å²) in [6.45, 7) is 8.38. The van der Waals surface area contributed by atoms with Gasteiger partial charge in [-0.15, -0.1) is 0 Å². The van der Waals surface area contributed by atoms with Crippen LogP contribution in [-0.2, 0) is 11.3 Å². The maximum absolute atomic E-state index is 12.1. The summed E-state index contributed by atoms with van der Waals surface area (Å²) in [6.07, 6.45) is 0.643. The minimum Gasteiger partial charge on any atom is -0.497 e. The van der Waals surface area contributed by atoms with Crippen molar-refractivity contribution in [1.29, 1.82) is 0 Å². The van der Waals surface area contributed by atoms with E-state index in [1.54, 1.807) is 14.2 Å². The number of hydrogen-bond acceptors (Lipinski definition) is 4. The van der Waals surface area contributed by atoms with Gasteiger partial charge in [-0.25, -0.2) is 0 Å². The Morgan fingerprint density at radius 1 is 1.13 bits per heavy atom. The van der Waals surface area contributed by atoms with Crippen LogP contribution in [0.3, 0.4) is 0 Å². The van der Waals surface area contributed by atoms with Gasteiger partial charge in [0.1, 0.15) is 11.5 Å². The van der Waals surface area contributed by atoms with Gasteiger partial charge >= 0.3 is 0 Å². The quantitative estimate of drug-likeness (QED) is 0.807. The van der Waals surface area contributed by atoms with Gasteiger partial charge in [-0.2, -0.15) is 0 Å². The first-order valence-electron chi connectivity index (χ1n) is 8.24. The molecule has 1 aromatic carbocycles. The highest BCUT2D eigenvalue weighted by atomic mass is 16.5. The number of carbonyl (C=O) groups excluding carboxylic acids is 1. The number of benzene rings is 1. The molecule has 1 aliphatic heterocycles. The lowest BCUT2D eigenvalue weighted by Crippen LogP contribution is -2.48. The smallest absolute Gasteiger partial charge is 0.222 e. The molecule has 0 aromatic heterocycles. The number of methoxy groups -OCH3 is 2. The fourth-order valence-electron chi connectivity index (χ4n) is 2.88. The molecule has 5 heteroatoms. The van der Waals surface area contributed by atoms with Gasteiger partial charge < -0.3 is 14.4 Å². The number of piperazine rings is 1. The average molecular weight is 320 g/mol. The lowest BCUT2D eigenvalue weighted by molar-refractivity contribution is -0.133. The van der Waals surface area contributed by atoms with Crippen LogP contribution in [0.1, 0.15) is 25.8 Å². The molecule has 0 N–H and O–H groups in total. The maximum atomic E-state index is 12.1. The van der Waals surface area contributed by atoms with Crippen molar-refractivity contribution in [3.05, 3.63) is 23.8 Å². The van der Waals surface area contributed by atoms with Gasteiger partial charge in [0.05, 0.1) is 14.2 Å². The SMILES string of the molecule is COc1ccc(OC)c(CN2CCN(C(=O)CC(C)C)CC2)c1. The first-order chi connectivity index (χ1) is 11.0. The molecule has 0 bridgehead atoms. The lowest BCUT2D eigenvalue weighted by Gasteiger charge is -2.35. The summed E-state index contributed by atoms with van der Waals surface area (Å²) >= 11 is 0. The van der Waals surface area contributed by atoms with Gasteiger partial charge in [0.2, 0.25) is 5.91 Å².